The third kappa shape index (κ3) is 3.23. The predicted molar refractivity (Wildman–Crippen MR) is 78.4 cm³/mol. The van der Waals surface area contributed by atoms with E-state index in [0.29, 0.717) is 24.5 Å². The predicted octanol–water partition coefficient (Wildman–Crippen LogP) is 2.03. The smallest absolute Gasteiger partial charge is 0.226 e. The highest BCUT2D eigenvalue weighted by Crippen LogP contribution is 2.28. The van der Waals surface area contributed by atoms with Crippen LogP contribution in [0.5, 0.6) is 5.75 Å². The zero-order valence-electron chi connectivity index (χ0n) is 12.1. The number of aliphatic hydroxyl groups excluding tert-OH is 1. The molecule has 2 atom stereocenters. The van der Waals surface area contributed by atoms with Gasteiger partial charge in [0.1, 0.15) is 23.9 Å². The summed E-state index contributed by atoms with van der Waals surface area (Å²) < 4.78 is 10.5. The lowest BCUT2D eigenvalue weighted by molar-refractivity contribution is 0.0968. The fourth-order valence-corrected chi connectivity index (χ4v) is 2.95. The Balaban J connectivity index is 1.65. The van der Waals surface area contributed by atoms with Gasteiger partial charge in [0.15, 0.2) is 5.75 Å². The van der Waals surface area contributed by atoms with E-state index in [1.807, 2.05) is 0 Å². The molecule has 0 aliphatic carbocycles. The van der Waals surface area contributed by atoms with Crippen molar-refractivity contribution < 1.29 is 19.0 Å². The van der Waals surface area contributed by atoms with E-state index >= 15 is 0 Å². The summed E-state index contributed by atoms with van der Waals surface area (Å²) >= 11 is 0. The minimum absolute atomic E-state index is 0.208. The molecule has 1 fully saturated rings. The van der Waals surface area contributed by atoms with Crippen LogP contribution >= 0.6 is 0 Å². The number of hydrogen-bond donors (Lipinski definition) is 2. The van der Waals surface area contributed by atoms with E-state index in [4.69, 9.17) is 8.83 Å². The lowest BCUT2D eigenvalue weighted by Crippen LogP contribution is -2.30. The lowest BCUT2D eigenvalue weighted by Gasteiger charge is -2.25. The Hall–Kier alpha value is -2.05. The lowest BCUT2D eigenvalue weighted by atomic mass is 10.1. The summed E-state index contributed by atoms with van der Waals surface area (Å²) in [6.07, 6.45) is 4.59. The maximum atomic E-state index is 11.4. The van der Waals surface area contributed by atoms with Crippen molar-refractivity contribution in [2.75, 3.05) is 6.54 Å². The van der Waals surface area contributed by atoms with Crippen molar-refractivity contribution in [3.8, 4) is 5.75 Å². The highest BCUT2D eigenvalue weighted by Gasteiger charge is 2.28. The topological polar surface area (TPSA) is 87.1 Å². The van der Waals surface area contributed by atoms with Crippen LogP contribution in [0.3, 0.4) is 0 Å². The number of aliphatic hydroxyl groups is 1. The number of nitrogens with zero attached hydrogens (tertiary/aromatic N) is 1. The molecule has 0 amide bonds. The Morgan fingerprint density at radius 3 is 3.00 bits per heavy atom. The Bertz CT molecular complexity index is 663. The molecule has 1 aliphatic heterocycles. The maximum absolute atomic E-state index is 11.4. The Morgan fingerprint density at radius 2 is 2.27 bits per heavy atom. The van der Waals surface area contributed by atoms with Crippen molar-refractivity contribution in [2.24, 2.45) is 0 Å². The summed E-state index contributed by atoms with van der Waals surface area (Å²) in [5, 5.41) is 19.4. The summed E-state index contributed by atoms with van der Waals surface area (Å²) in [5.74, 6) is 0.708. The molecule has 0 bridgehead atoms. The largest absolute Gasteiger partial charge is 0.502 e. The summed E-state index contributed by atoms with van der Waals surface area (Å²) in [6, 6.07) is 5.05. The molecule has 22 heavy (non-hydrogen) atoms. The van der Waals surface area contributed by atoms with E-state index in [2.05, 4.69) is 4.90 Å². The first kappa shape index (κ1) is 14.9. The highest BCUT2D eigenvalue weighted by atomic mass is 16.4. The molecule has 0 saturated carbocycles. The molecule has 0 aromatic carbocycles. The first-order chi connectivity index (χ1) is 10.6. The van der Waals surface area contributed by atoms with Crippen molar-refractivity contribution in [3.05, 3.63) is 52.5 Å². The summed E-state index contributed by atoms with van der Waals surface area (Å²) in [7, 11) is 0. The first-order valence-electron chi connectivity index (χ1n) is 7.39. The summed E-state index contributed by atoms with van der Waals surface area (Å²) in [5.41, 5.74) is -0.437. The minimum Gasteiger partial charge on any atom is -0.502 e. The zero-order valence-corrected chi connectivity index (χ0v) is 12.1. The van der Waals surface area contributed by atoms with Gasteiger partial charge in [-0.25, -0.2) is 0 Å². The van der Waals surface area contributed by atoms with Gasteiger partial charge in [0, 0.05) is 12.1 Å². The van der Waals surface area contributed by atoms with Crippen LogP contribution in [0, 0.1) is 0 Å². The van der Waals surface area contributed by atoms with Crippen LogP contribution in [0.4, 0.5) is 0 Å². The van der Waals surface area contributed by atoms with E-state index in [-0.39, 0.29) is 11.8 Å². The normalized spacial score (nSPS) is 20.3. The third-order valence-corrected chi connectivity index (χ3v) is 4.09. The SMILES string of the molecule is O=c1cc(CN2CCCC2CC(O)c2ccco2)occ1O. The van der Waals surface area contributed by atoms with E-state index in [1.165, 1.54) is 6.07 Å². The van der Waals surface area contributed by atoms with Gasteiger partial charge in [-0.3, -0.25) is 9.69 Å². The van der Waals surface area contributed by atoms with Gasteiger partial charge in [0.05, 0.1) is 12.8 Å². The Kier molecular flexibility index (Phi) is 4.31. The van der Waals surface area contributed by atoms with Gasteiger partial charge in [-0.05, 0) is 37.9 Å². The van der Waals surface area contributed by atoms with Crippen molar-refractivity contribution in [1.29, 1.82) is 0 Å². The van der Waals surface area contributed by atoms with E-state index in [9.17, 15) is 15.0 Å². The van der Waals surface area contributed by atoms with Crippen molar-refractivity contribution >= 4 is 0 Å². The zero-order chi connectivity index (χ0) is 15.5. The molecular formula is C16H19NO5. The second-order valence-corrected chi connectivity index (χ2v) is 5.63. The van der Waals surface area contributed by atoms with Gasteiger partial charge >= 0.3 is 0 Å². The molecule has 2 N–H and O–H groups in total. The number of rotatable bonds is 5. The molecule has 1 saturated heterocycles. The number of furan rings is 1. The average molecular weight is 305 g/mol. The monoisotopic (exact) mass is 305 g/mol. The first-order valence-corrected chi connectivity index (χ1v) is 7.39. The van der Waals surface area contributed by atoms with Crippen LogP contribution < -0.4 is 5.43 Å². The van der Waals surface area contributed by atoms with Crippen LogP contribution in [0.1, 0.15) is 36.9 Å². The molecular weight excluding hydrogens is 286 g/mol. The highest BCUT2D eigenvalue weighted by molar-refractivity contribution is 5.15. The van der Waals surface area contributed by atoms with E-state index in [1.54, 1.807) is 18.4 Å². The van der Waals surface area contributed by atoms with E-state index < -0.39 is 11.5 Å². The Labute approximate surface area is 127 Å². The third-order valence-electron chi connectivity index (χ3n) is 4.09. The minimum atomic E-state index is -0.632. The second-order valence-electron chi connectivity index (χ2n) is 5.63. The Morgan fingerprint density at radius 1 is 1.41 bits per heavy atom. The average Bonchev–Trinajstić information content (AvgIpc) is 3.15. The second kappa shape index (κ2) is 6.37. The molecule has 2 unspecified atom stereocenters. The standard InChI is InChI=1S/C16H19NO5/c18-13-8-12(22-10-15(13)20)9-17-5-1-3-11(17)7-14(19)16-4-2-6-21-16/h2,4,6,8,10-11,14,19-20H,1,3,5,7,9H2. The van der Waals surface area contributed by atoms with Gasteiger partial charge in [-0.15, -0.1) is 0 Å². The van der Waals surface area contributed by atoms with Crippen molar-refractivity contribution in [2.45, 2.75) is 38.0 Å². The maximum Gasteiger partial charge on any atom is 0.226 e. The molecule has 3 heterocycles. The van der Waals surface area contributed by atoms with Gasteiger partial charge in [0.2, 0.25) is 5.43 Å². The number of aromatic hydroxyl groups is 1. The van der Waals surface area contributed by atoms with Crippen LogP contribution in [0.2, 0.25) is 0 Å². The molecule has 3 rings (SSSR count). The molecule has 118 valence electrons. The molecule has 2 aromatic rings. The summed E-state index contributed by atoms with van der Waals surface area (Å²) in [6.45, 7) is 1.38. The molecule has 0 radical (unpaired) electrons. The molecule has 2 aromatic heterocycles. The summed E-state index contributed by atoms with van der Waals surface area (Å²) in [4.78, 5) is 13.6. The number of hydrogen-bond acceptors (Lipinski definition) is 6. The van der Waals surface area contributed by atoms with Crippen LogP contribution in [-0.4, -0.2) is 27.7 Å². The van der Waals surface area contributed by atoms with Gasteiger partial charge in [0.25, 0.3) is 0 Å². The van der Waals surface area contributed by atoms with Crippen molar-refractivity contribution in [3.63, 3.8) is 0 Å². The molecule has 0 spiro atoms. The molecule has 1 aliphatic rings. The van der Waals surface area contributed by atoms with Crippen LogP contribution in [-0.2, 0) is 6.54 Å². The quantitative estimate of drug-likeness (QED) is 0.879. The van der Waals surface area contributed by atoms with Crippen LogP contribution in [0.15, 0.2) is 44.4 Å². The van der Waals surface area contributed by atoms with Gasteiger partial charge in [-0.2, -0.15) is 0 Å². The number of likely N-dealkylation sites (tertiary alicyclic amines) is 1. The fraction of sp³-hybridized carbons (Fsp3) is 0.438. The molecule has 6 nitrogen and oxygen atoms in total. The molecule has 6 heteroatoms. The van der Waals surface area contributed by atoms with Crippen molar-refractivity contribution in [1.82, 2.24) is 4.90 Å². The fourth-order valence-electron chi connectivity index (χ4n) is 2.95. The van der Waals surface area contributed by atoms with Crippen LogP contribution in [0.25, 0.3) is 0 Å². The van der Waals surface area contributed by atoms with Gasteiger partial charge < -0.3 is 19.0 Å². The van der Waals surface area contributed by atoms with E-state index in [0.717, 1.165) is 25.6 Å². The van der Waals surface area contributed by atoms with Gasteiger partial charge in [-0.1, -0.05) is 0 Å².